The standard InChI is InChI=1S/C16H14ClN3OS.C6H12.C2H5NO/c1-9(2)16-12-5-10(3-4-14(12)20-22-16)11-6-15(19-8-21)18-7-13(11)17;1-2-4-6-5-3-1;1-2(3)4/h3-9H,1-2H3,(H,18,19,21);1-6H2;1H3,(H2,3,4). The monoisotopic (exact) mass is 474 g/mol. The van der Waals surface area contributed by atoms with Crippen molar-refractivity contribution in [1.82, 2.24) is 9.36 Å². The SMILES string of the molecule is C1CCCCC1.CC(C)c1snc2ccc(-c3cc(NC=O)ncc3Cl)cc12.CC(N)=O. The highest BCUT2D eigenvalue weighted by Crippen LogP contribution is 2.35. The van der Waals surface area contributed by atoms with Crippen molar-refractivity contribution in [3.63, 3.8) is 0 Å². The van der Waals surface area contributed by atoms with Gasteiger partial charge in [-0.2, -0.15) is 4.37 Å². The summed E-state index contributed by atoms with van der Waals surface area (Å²) in [6.45, 7) is 5.62. The van der Waals surface area contributed by atoms with Crippen LogP contribution in [0.3, 0.4) is 0 Å². The number of aromatic nitrogens is 2. The van der Waals surface area contributed by atoms with Crippen LogP contribution in [0.25, 0.3) is 22.0 Å². The number of nitrogens with zero attached hydrogens (tertiary/aromatic N) is 2. The molecule has 1 aliphatic rings. The fourth-order valence-corrected chi connectivity index (χ4v) is 4.45. The average molecular weight is 475 g/mol. The van der Waals surface area contributed by atoms with Gasteiger partial charge in [0.2, 0.25) is 12.3 Å². The van der Waals surface area contributed by atoms with Gasteiger partial charge in [-0.25, -0.2) is 4.98 Å². The summed E-state index contributed by atoms with van der Waals surface area (Å²) in [6, 6.07) is 7.85. The molecule has 0 saturated heterocycles. The van der Waals surface area contributed by atoms with E-state index in [2.05, 4.69) is 40.3 Å². The largest absolute Gasteiger partial charge is 0.370 e. The lowest BCUT2D eigenvalue weighted by Crippen LogP contribution is -2.01. The van der Waals surface area contributed by atoms with Gasteiger partial charge in [-0.15, -0.1) is 0 Å². The maximum Gasteiger partial charge on any atom is 0.214 e. The van der Waals surface area contributed by atoms with Gasteiger partial charge in [0.15, 0.2) is 0 Å². The Morgan fingerprint density at radius 3 is 2.28 bits per heavy atom. The first kappa shape index (κ1) is 25.7. The van der Waals surface area contributed by atoms with Crippen molar-refractivity contribution >= 4 is 52.2 Å². The van der Waals surface area contributed by atoms with Crippen LogP contribution in [-0.2, 0) is 9.59 Å². The lowest BCUT2D eigenvalue weighted by molar-refractivity contribution is -0.116. The molecule has 0 spiro atoms. The number of hydrogen-bond donors (Lipinski definition) is 2. The molecular weight excluding hydrogens is 444 g/mol. The number of nitrogens with one attached hydrogen (secondary N) is 1. The highest BCUT2D eigenvalue weighted by Gasteiger charge is 2.12. The fourth-order valence-electron chi connectivity index (χ4n) is 3.40. The Bertz CT molecular complexity index is 1020. The third-order valence-electron chi connectivity index (χ3n) is 4.90. The summed E-state index contributed by atoms with van der Waals surface area (Å²) < 4.78 is 4.48. The number of pyridine rings is 1. The number of fused-ring (bicyclic) bond motifs is 1. The van der Waals surface area contributed by atoms with Crippen LogP contribution in [-0.4, -0.2) is 21.7 Å². The van der Waals surface area contributed by atoms with Crippen LogP contribution in [0.1, 0.15) is 70.1 Å². The Morgan fingerprint density at radius 2 is 1.75 bits per heavy atom. The van der Waals surface area contributed by atoms with E-state index in [1.807, 2.05) is 12.1 Å². The van der Waals surface area contributed by atoms with Crippen LogP contribution in [0.4, 0.5) is 5.82 Å². The molecule has 2 amide bonds. The third-order valence-corrected chi connectivity index (χ3v) is 6.38. The van der Waals surface area contributed by atoms with E-state index in [9.17, 15) is 9.59 Å². The summed E-state index contributed by atoms with van der Waals surface area (Å²) in [4.78, 5) is 25.1. The van der Waals surface area contributed by atoms with Crippen LogP contribution < -0.4 is 11.1 Å². The zero-order valence-electron chi connectivity index (χ0n) is 18.9. The van der Waals surface area contributed by atoms with Gasteiger partial charge < -0.3 is 11.1 Å². The quantitative estimate of drug-likeness (QED) is 0.419. The second-order valence-corrected chi connectivity index (χ2v) is 9.19. The second-order valence-electron chi connectivity index (χ2n) is 7.98. The first-order chi connectivity index (χ1) is 15.3. The van der Waals surface area contributed by atoms with Crippen molar-refractivity contribution in [3.8, 4) is 11.1 Å². The van der Waals surface area contributed by atoms with Gasteiger partial charge in [0, 0.05) is 28.9 Å². The molecule has 1 aliphatic carbocycles. The highest BCUT2D eigenvalue weighted by atomic mass is 35.5. The van der Waals surface area contributed by atoms with Crippen molar-refractivity contribution in [2.24, 2.45) is 5.73 Å². The minimum atomic E-state index is -0.333. The van der Waals surface area contributed by atoms with Gasteiger partial charge >= 0.3 is 0 Å². The van der Waals surface area contributed by atoms with E-state index in [-0.39, 0.29) is 5.91 Å². The molecule has 3 aromatic rings. The fraction of sp³-hybridized carbons (Fsp3) is 0.417. The van der Waals surface area contributed by atoms with Gasteiger partial charge in [0.1, 0.15) is 5.82 Å². The minimum Gasteiger partial charge on any atom is -0.370 e. The van der Waals surface area contributed by atoms with E-state index in [1.165, 1.54) is 61.9 Å². The molecule has 3 N–H and O–H groups in total. The molecular formula is C24H31ClN4O2S. The van der Waals surface area contributed by atoms with Crippen molar-refractivity contribution < 1.29 is 9.59 Å². The molecule has 6 nitrogen and oxygen atoms in total. The molecule has 172 valence electrons. The highest BCUT2D eigenvalue weighted by molar-refractivity contribution is 7.07. The molecule has 2 aromatic heterocycles. The molecule has 0 atom stereocenters. The Balaban J connectivity index is 0.000000301. The molecule has 32 heavy (non-hydrogen) atoms. The predicted molar refractivity (Wildman–Crippen MR) is 134 cm³/mol. The maximum absolute atomic E-state index is 10.6. The minimum absolute atomic E-state index is 0.333. The number of benzene rings is 1. The van der Waals surface area contributed by atoms with Crippen LogP contribution in [0, 0.1) is 0 Å². The summed E-state index contributed by atoms with van der Waals surface area (Å²) >= 11 is 7.80. The zero-order valence-corrected chi connectivity index (χ0v) is 20.4. The normalized spacial score (nSPS) is 12.9. The smallest absolute Gasteiger partial charge is 0.214 e. The first-order valence-electron chi connectivity index (χ1n) is 10.8. The van der Waals surface area contributed by atoms with Gasteiger partial charge in [-0.1, -0.05) is 70.0 Å². The predicted octanol–water partition coefficient (Wildman–Crippen LogP) is 6.54. The second kappa shape index (κ2) is 13.1. The van der Waals surface area contributed by atoms with Crippen LogP contribution in [0.2, 0.25) is 5.02 Å². The topological polar surface area (TPSA) is 98.0 Å². The number of carbonyl (C=O) groups excluding carboxylic acids is 2. The lowest BCUT2D eigenvalue weighted by Gasteiger charge is -2.08. The summed E-state index contributed by atoms with van der Waals surface area (Å²) in [7, 11) is 0. The molecule has 0 aliphatic heterocycles. The number of rotatable bonds is 4. The van der Waals surface area contributed by atoms with Crippen LogP contribution in [0.5, 0.6) is 0 Å². The number of carbonyl (C=O) groups is 2. The molecule has 8 heteroatoms. The molecule has 1 saturated carbocycles. The molecule has 4 rings (SSSR count). The van der Waals surface area contributed by atoms with E-state index in [1.54, 1.807) is 12.3 Å². The number of nitrogens with two attached hydrogens (primary N) is 1. The van der Waals surface area contributed by atoms with Crippen molar-refractivity contribution in [1.29, 1.82) is 0 Å². The number of amides is 2. The van der Waals surface area contributed by atoms with Gasteiger partial charge in [0.05, 0.1) is 10.5 Å². The number of primary amides is 1. The zero-order chi connectivity index (χ0) is 23.5. The molecule has 0 radical (unpaired) electrons. The van der Waals surface area contributed by atoms with E-state index >= 15 is 0 Å². The van der Waals surface area contributed by atoms with Crippen LogP contribution >= 0.6 is 23.1 Å². The Kier molecular flexibility index (Phi) is 10.6. The van der Waals surface area contributed by atoms with Gasteiger partial charge in [0.25, 0.3) is 0 Å². The molecule has 0 unspecified atom stereocenters. The molecule has 1 fully saturated rings. The van der Waals surface area contributed by atoms with E-state index in [0.717, 1.165) is 22.0 Å². The first-order valence-corrected chi connectivity index (χ1v) is 12.0. The number of hydrogen-bond acceptors (Lipinski definition) is 5. The van der Waals surface area contributed by atoms with Crippen molar-refractivity contribution in [3.05, 3.63) is 40.4 Å². The molecule has 1 aromatic carbocycles. The lowest BCUT2D eigenvalue weighted by atomic mass is 10.0. The summed E-state index contributed by atoms with van der Waals surface area (Å²) in [6.07, 6.45) is 11.1. The van der Waals surface area contributed by atoms with Crippen molar-refractivity contribution in [2.45, 2.75) is 65.2 Å². The Labute approximate surface area is 198 Å². The van der Waals surface area contributed by atoms with E-state index in [0.29, 0.717) is 23.2 Å². The number of anilines is 1. The van der Waals surface area contributed by atoms with E-state index < -0.39 is 0 Å². The number of halogens is 1. The summed E-state index contributed by atoms with van der Waals surface area (Å²) in [5, 5.41) is 4.24. The molecule has 2 heterocycles. The van der Waals surface area contributed by atoms with Crippen molar-refractivity contribution in [2.75, 3.05) is 5.32 Å². The van der Waals surface area contributed by atoms with E-state index in [4.69, 9.17) is 11.6 Å². The Morgan fingerprint density at radius 1 is 1.16 bits per heavy atom. The van der Waals surface area contributed by atoms with Crippen LogP contribution in [0.15, 0.2) is 30.5 Å². The summed E-state index contributed by atoms with van der Waals surface area (Å²) in [5.41, 5.74) is 7.29. The van der Waals surface area contributed by atoms with Gasteiger partial charge in [-0.3, -0.25) is 9.59 Å². The third kappa shape index (κ3) is 7.88. The van der Waals surface area contributed by atoms with Gasteiger partial charge in [-0.05, 0) is 41.2 Å². The average Bonchev–Trinajstić information content (AvgIpc) is 3.20. The molecule has 0 bridgehead atoms. The summed E-state index contributed by atoms with van der Waals surface area (Å²) in [5.74, 6) is 0.562. The Hall–Kier alpha value is -2.51. The maximum atomic E-state index is 10.6.